The molecule has 0 saturated carbocycles. The molecule has 0 heterocycles. The van der Waals surface area contributed by atoms with Crippen molar-refractivity contribution in [1.82, 2.24) is 5.32 Å². The molecule has 0 spiro atoms. The number of hydrogen-bond donors (Lipinski definition) is 2. The quantitative estimate of drug-likeness (QED) is 0.742. The van der Waals surface area contributed by atoms with Gasteiger partial charge in [-0.3, -0.25) is 4.79 Å². The Balaban J connectivity index is 2.66. The Morgan fingerprint density at radius 2 is 2.35 bits per heavy atom. The van der Waals surface area contributed by atoms with Crippen molar-refractivity contribution < 1.29 is 9.18 Å². The second kappa shape index (κ2) is 6.15. The highest BCUT2D eigenvalue weighted by molar-refractivity contribution is 5.92. The third kappa shape index (κ3) is 4.00. The summed E-state index contributed by atoms with van der Waals surface area (Å²) >= 11 is 0. The summed E-state index contributed by atoms with van der Waals surface area (Å²) in [5.41, 5.74) is 5.77. The molecule has 92 valence electrons. The first-order chi connectivity index (χ1) is 8.04. The SMILES string of the molecule is C=CCC(C)NCc1ccc(C(N)=O)cc1F. The molecular weight excluding hydrogens is 219 g/mol. The minimum absolute atomic E-state index is 0.186. The summed E-state index contributed by atoms with van der Waals surface area (Å²) in [5.74, 6) is -1.04. The van der Waals surface area contributed by atoms with Crippen LogP contribution in [0.3, 0.4) is 0 Å². The number of hydrogen-bond acceptors (Lipinski definition) is 2. The van der Waals surface area contributed by atoms with Gasteiger partial charge in [-0.05, 0) is 25.5 Å². The van der Waals surface area contributed by atoms with Crippen molar-refractivity contribution in [2.45, 2.75) is 25.9 Å². The third-order valence-corrected chi connectivity index (χ3v) is 2.50. The summed E-state index contributed by atoms with van der Waals surface area (Å²) < 4.78 is 13.6. The van der Waals surface area contributed by atoms with Crippen LogP contribution in [0.15, 0.2) is 30.9 Å². The predicted octanol–water partition coefficient (Wildman–Crippen LogP) is 1.98. The number of carbonyl (C=O) groups is 1. The van der Waals surface area contributed by atoms with Crippen molar-refractivity contribution in [3.05, 3.63) is 47.8 Å². The van der Waals surface area contributed by atoms with Crippen LogP contribution in [-0.2, 0) is 6.54 Å². The van der Waals surface area contributed by atoms with Crippen molar-refractivity contribution >= 4 is 5.91 Å². The molecule has 1 aromatic rings. The van der Waals surface area contributed by atoms with Crippen molar-refractivity contribution in [3.8, 4) is 0 Å². The van der Waals surface area contributed by atoms with Crippen molar-refractivity contribution in [3.63, 3.8) is 0 Å². The lowest BCUT2D eigenvalue weighted by atomic mass is 10.1. The van der Waals surface area contributed by atoms with Gasteiger partial charge in [0.2, 0.25) is 5.91 Å². The normalized spacial score (nSPS) is 12.1. The van der Waals surface area contributed by atoms with Gasteiger partial charge in [0.05, 0.1) is 0 Å². The van der Waals surface area contributed by atoms with Crippen LogP contribution in [0.1, 0.15) is 29.3 Å². The van der Waals surface area contributed by atoms with E-state index >= 15 is 0 Å². The zero-order valence-corrected chi connectivity index (χ0v) is 9.87. The van der Waals surface area contributed by atoms with Crippen LogP contribution in [0.5, 0.6) is 0 Å². The van der Waals surface area contributed by atoms with Gasteiger partial charge in [-0.2, -0.15) is 0 Å². The molecule has 0 radical (unpaired) electrons. The smallest absolute Gasteiger partial charge is 0.248 e. The van der Waals surface area contributed by atoms with Crippen LogP contribution in [0.25, 0.3) is 0 Å². The predicted molar refractivity (Wildman–Crippen MR) is 66.0 cm³/mol. The molecule has 4 heteroatoms. The van der Waals surface area contributed by atoms with Crippen LogP contribution >= 0.6 is 0 Å². The maximum atomic E-state index is 13.6. The van der Waals surface area contributed by atoms with Gasteiger partial charge in [0.1, 0.15) is 5.82 Å². The Morgan fingerprint density at radius 1 is 1.65 bits per heavy atom. The van der Waals surface area contributed by atoms with Gasteiger partial charge in [-0.15, -0.1) is 6.58 Å². The van der Waals surface area contributed by atoms with Gasteiger partial charge in [-0.1, -0.05) is 12.1 Å². The largest absolute Gasteiger partial charge is 0.366 e. The number of halogens is 1. The van der Waals surface area contributed by atoms with Crippen LogP contribution in [-0.4, -0.2) is 11.9 Å². The number of primary amides is 1. The van der Waals surface area contributed by atoms with E-state index in [1.54, 1.807) is 6.07 Å². The van der Waals surface area contributed by atoms with E-state index in [2.05, 4.69) is 11.9 Å². The van der Waals surface area contributed by atoms with Gasteiger partial charge < -0.3 is 11.1 Å². The molecule has 0 aliphatic heterocycles. The molecule has 3 nitrogen and oxygen atoms in total. The first-order valence-electron chi connectivity index (χ1n) is 5.47. The van der Waals surface area contributed by atoms with Crippen molar-refractivity contribution in [2.75, 3.05) is 0 Å². The highest BCUT2D eigenvalue weighted by Crippen LogP contribution is 2.10. The maximum Gasteiger partial charge on any atom is 0.248 e. The summed E-state index contributed by atoms with van der Waals surface area (Å²) in [6.45, 7) is 6.05. The van der Waals surface area contributed by atoms with E-state index in [0.717, 1.165) is 12.5 Å². The number of nitrogens with two attached hydrogens (primary N) is 1. The van der Waals surface area contributed by atoms with E-state index in [-0.39, 0.29) is 11.6 Å². The average Bonchev–Trinajstić information content (AvgIpc) is 2.27. The van der Waals surface area contributed by atoms with Gasteiger partial charge in [0.25, 0.3) is 0 Å². The fourth-order valence-corrected chi connectivity index (χ4v) is 1.46. The van der Waals surface area contributed by atoms with E-state index in [1.807, 2.05) is 13.0 Å². The second-order valence-electron chi connectivity index (χ2n) is 3.98. The number of amides is 1. The zero-order valence-electron chi connectivity index (χ0n) is 9.87. The fourth-order valence-electron chi connectivity index (χ4n) is 1.46. The average molecular weight is 236 g/mol. The molecular formula is C13H17FN2O. The van der Waals surface area contributed by atoms with E-state index in [9.17, 15) is 9.18 Å². The van der Waals surface area contributed by atoms with Gasteiger partial charge in [-0.25, -0.2) is 4.39 Å². The topological polar surface area (TPSA) is 55.1 Å². The standard InChI is InChI=1S/C13H17FN2O/c1-3-4-9(2)16-8-11-6-5-10(13(15)17)7-12(11)14/h3,5-7,9,16H,1,4,8H2,2H3,(H2,15,17). The molecule has 1 atom stereocenters. The lowest BCUT2D eigenvalue weighted by Gasteiger charge is -2.12. The van der Waals surface area contributed by atoms with Crippen LogP contribution in [0, 0.1) is 5.82 Å². The number of rotatable bonds is 6. The Labute approximate surface area is 101 Å². The molecule has 0 aromatic heterocycles. The summed E-state index contributed by atoms with van der Waals surface area (Å²) in [6, 6.07) is 4.50. The lowest BCUT2D eigenvalue weighted by molar-refractivity contribution is 0.1000. The van der Waals surface area contributed by atoms with Gasteiger partial charge >= 0.3 is 0 Å². The van der Waals surface area contributed by atoms with Gasteiger partial charge in [0.15, 0.2) is 0 Å². The molecule has 0 aliphatic carbocycles. The number of nitrogens with one attached hydrogen (secondary N) is 1. The number of benzene rings is 1. The molecule has 1 unspecified atom stereocenters. The molecule has 1 aromatic carbocycles. The Morgan fingerprint density at radius 3 is 2.88 bits per heavy atom. The molecule has 1 rings (SSSR count). The summed E-state index contributed by atoms with van der Waals surface area (Å²) in [6.07, 6.45) is 2.63. The minimum Gasteiger partial charge on any atom is -0.366 e. The Hall–Kier alpha value is -1.68. The Kier molecular flexibility index (Phi) is 4.84. The zero-order chi connectivity index (χ0) is 12.8. The number of carbonyl (C=O) groups excluding carboxylic acids is 1. The van der Waals surface area contributed by atoms with Gasteiger partial charge in [0, 0.05) is 23.7 Å². The summed E-state index contributed by atoms with van der Waals surface area (Å²) in [7, 11) is 0. The van der Waals surface area contributed by atoms with Crippen LogP contribution in [0.2, 0.25) is 0 Å². The van der Waals surface area contributed by atoms with Crippen molar-refractivity contribution in [1.29, 1.82) is 0 Å². The minimum atomic E-state index is -0.622. The third-order valence-electron chi connectivity index (χ3n) is 2.50. The molecule has 0 bridgehead atoms. The second-order valence-corrected chi connectivity index (χ2v) is 3.98. The monoisotopic (exact) mass is 236 g/mol. The summed E-state index contributed by atoms with van der Waals surface area (Å²) in [4.78, 5) is 10.8. The highest BCUT2D eigenvalue weighted by atomic mass is 19.1. The fraction of sp³-hybridized carbons (Fsp3) is 0.308. The molecule has 3 N–H and O–H groups in total. The first-order valence-corrected chi connectivity index (χ1v) is 5.47. The van der Waals surface area contributed by atoms with E-state index in [4.69, 9.17) is 5.73 Å². The molecule has 1 amide bonds. The molecule has 0 aliphatic rings. The maximum absolute atomic E-state index is 13.6. The summed E-state index contributed by atoms with van der Waals surface area (Å²) in [5, 5.41) is 3.16. The van der Waals surface area contributed by atoms with E-state index < -0.39 is 11.7 Å². The highest BCUT2D eigenvalue weighted by Gasteiger charge is 2.07. The van der Waals surface area contributed by atoms with Crippen LogP contribution in [0.4, 0.5) is 4.39 Å². The van der Waals surface area contributed by atoms with E-state index in [0.29, 0.717) is 12.1 Å². The van der Waals surface area contributed by atoms with Crippen LogP contribution < -0.4 is 11.1 Å². The first kappa shape index (κ1) is 13.4. The van der Waals surface area contributed by atoms with Crippen molar-refractivity contribution in [2.24, 2.45) is 5.73 Å². The molecule has 0 fully saturated rings. The molecule has 0 saturated heterocycles. The lowest BCUT2D eigenvalue weighted by Crippen LogP contribution is -2.25. The molecule has 17 heavy (non-hydrogen) atoms. The van der Waals surface area contributed by atoms with E-state index in [1.165, 1.54) is 6.07 Å². The Bertz CT molecular complexity index is 418.